The normalized spacial score (nSPS) is 16.5. The molecule has 2 heterocycles. The maximum absolute atomic E-state index is 13.6. The van der Waals surface area contributed by atoms with Crippen molar-refractivity contribution in [1.29, 1.82) is 0 Å². The second-order valence-corrected chi connectivity index (χ2v) is 9.00. The number of nitrogens with zero attached hydrogens (tertiary/aromatic N) is 2. The van der Waals surface area contributed by atoms with E-state index in [0.29, 0.717) is 43.1 Å². The van der Waals surface area contributed by atoms with Crippen LogP contribution in [-0.2, 0) is 29.9 Å². The van der Waals surface area contributed by atoms with E-state index in [1.54, 1.807) is 20.4 Å². The van der Waals surface area contributed by atoms with Gasteiger partial charge in [0, 0.05) is 49.5 Å². The minimum absolute atomic E-state index is 0.0387. The molecule has 0 aliphatic carbocycles. The zero-order valence-corrected chi connectivity index (χ0v) is 21.1. The van der Waals surface area contributed by atoms with Crippen LogP contribution in [0.1, 0.15) is 32.7 Å². The monoisotopic (exact) mass is 494 g/mol. The third-order valence-corrected chi connectivity index (χ3v) is 6.82. The molecule has 3 aromatic carbocycles. The molecule has 0 fully saturated rings. The SMILES string of the molecule is COc1cc(CC2(OC)c3ccccc3C(=O)N2CCc2ccccn2)ccc1OCc1ccccc1. The molecule has 0 spiro atoms. The Morgan fingerprint density at radius 2 is 1.62 bits per heavy atom. The summed E-state index contributed by atoms with van der Waals surface area (Å²) in [6.45, 7) is 0.926. The van der Waals surface area contributed by atoms with Crippen molar-refractivity contribution >= 4 is 5.91 Å². The Morgan fingerprint density at radius 1 is 0.838 bits per heavy atom. The summed E-state index contributed by atoms with van der Waals surface area (Å²) in [5, 5.41) is 0. The average Bonchev–Trinajstić information content (AvgIpc) is 3.19. The molecule has 0 bridgehead atoms. The summed E-state index contributed by atoms with van der Waals surface area (Å²) < 4.78 is 17.9. The molecule has 37 heavy (non-hydrogen) atoms. The first-order valence-corrected chi connectivity index (χ1v) is 12.3. The molecule has 0 radical (unpaired) electrons. The fraction of sp³-hybridized carbons (Fsp3) is 0.226. The molecule has 0 saturated carbocycles. The van der Waals surface area contributed by atoms with Crippen molar-refractivity contribution in [3.8, 4) is 11.5 Å². The van der Waals surface area contributed by atoms with Gasteiger partial charge in [-0.25, -0.2) is 0 Å². The summed E-state index contributed by atoms with van der Waals surface area (Å²) >= 11 is 0. The third kappa shape index (κ3) is 4.93. The number of methoxy groups -OCH3 is 2. The van der Waals surface area contributed by atoms with E-state index in [1.807, 2.05) is 95.9 Å². The predicted molar refractivity (Wildman–Crippen MR) is 142 cm³/mol. The highest BCUT2D eigenvalue weighted by atomic mass is 16.5. The van der Waals surface area contributed by atoms with E-state index in [2.05, 4.69) is 4.98 Å². The summed E-state index contributed by atoms with van der Waals surface area (Å²) in [6, 6.07) is 29.4. The standard InChI is InChI=1S/C31H30N2O4/c1-35-29-20-24(15-16-28(29)37-22-23-10-4-3-5-11-23)21-31(36-2)27-14-7-6-13-26(27)30(34)33(31)19-17-25-12-8-9-18-32-25/h3-16,18,20H,17,19,21-22H2,1-2H3. The van der Waals surface area contributed by atoms with E-state index < -0.39 is 5.72 Å². The highest BCUT2D eigenvalue weighted by Crippen LogP contribution is 2.43. The number of hydrogen-bond acceptors (Lipinski definition) is 5. The van der Waals surface area contributed by atoms with Gasteiger partial charge >= 0.3 is 0 Å². The van der Waals surface area contributed by atoms with Gasteiger partial charge < -0.3 is 19.1 Å². The molecule has 1 unspecified atom stereocenters. The lowest BCUT2D eigenvalue weighted by Crippen LogP contribution is -2.48. The molecule has 6 nitrogen and oxygen atoms in total. The average molecular weight is 495 g/mol. The molecule has 0 saturated heterocycles. The van der Waals surface area contributed by atoms with Gasteiger partial charge in [0.1, 0.15) is 6.61 Å². The van der Waals surface area contributed by atoms with Crippen molar-refractivity contribution in [2.75, 3.05) is 20.8 Å². The van der Waals surface area contributed by atoms with Crippen molar-refractivity contribution in [3.05, 3.63) is 125 Å². The van der Waals surface area contributed by atoms with E-state index in [4.69, 9.17) is 14.2 Å². The lowest BCUT2D eigenvalue weighted by Gasteiger charge is -2.38. The molecule has 5 rings (SSSR count). The van der Waals surface area contributed by atoms with Crippen molar-refractivity contribution in [1.82, 2.24) is 9.88 Å². The van der Waals surface area contributed by atoms with Gasteiger partial charge in [0.2, 0.25) is 0 Å². The van der Waals surface area contributed by atoms with E-state index in [9.17, 15) is 4.79 Å². The quantitative estimate of drug-likeness (QED) is 0.295. The van der Waals surface area contributed by atoms with Crippen LogP contribution < -0.4 is 9.47 Å². The van der Waals surface area contributed by atoms with Crippen molar-refractivity contribution in [3.63, 3.8) is 0 Å². The zero-order chi connectivity index (χ0) is 25.7. The van der Waals surface area contributed by atoms with Crippen molar-refractivity contribution in [2.45, 2.75) is 25.2 Å². The van der Waals surface area contributed by atoms with E-state index >= 15 is 0 Å². The van der Waals surface area contributed by atoms with E-state index in [-0.39, 0.29) is 5.91 Å². The minimum atomic E-state index is -0.945. The predicted octanol–water partition coefficient (Wildman–Crippen LogP) is 5.41. The fourth-order valence-electron chi connectivity index (χ4n) is 4.96. The number of fused-ring (bicyclic) bond motifs is 1. The van der Waals surface area contributed by atoms with Gasteiger partial charge in [-0.05, 0) is 41.5 Å². The van der Waals surface area contributed by atoms with Gasteiger partial charge in [0.05, 0.1) is 7.11 Å². The second-order valence-electron chi connectivity index (χ2n) is 9.00. The van der Waals surface area contributed by atoms with Gasteiger partial charge in [0.25, 0.3) is 5.91 Å². The lowest BCUT2D eigenvalue weighted by atomic mass is 9.93. The Balaban J connectivity index is 1.43. The molecule has 1 atom stereocenters. The van der Waals surface area contributed by atoms with Crippen LogP contribution in [0.4, 0.5) is 0 Å². The number of aromatic nitrogens is 1. The van der Waals surface area contributed by atoms with Crippen LogP contribution in [0.3, 0.4) is 0 Å². The number of hydrogen-bond donors (Lipinski definition) is 0. The van der Waals surface area contributed by atoms with Crippen LogP contribution >= 0.6 is 0 Å². The molecule has 4 aromatic rings. The first-order valence-electron chi connectivity index (χ1n) is 12.3. The maximum Gasteiger partial charge on any atom is 0.256 e. The Bertz CT molecular complexity index is 1360. The Hall–Kier alpha value is -4.16. The van der Waals surface area contributed by atoms with Gasteiger partial charge in [-0.1, -0.05) is 60.7 Å². The maximum atomic E-state index is 13.6. The number of pyridine rings is 1. The van der Waals surface area contributed by atoms with Crippen LogP contribution in [0, 0.1) is 0 Å². The minimum Gasteiger partial charge on any atom is -0.493 e. The lowest BCUT2D eigenvalue weighted by molar-refractivity contribution is -0.114. The van der Waals surface area contributed by atoms with Gasteiger partial charge in [-0.15, -0.1) is 0 Å². The van der Waals surface area contributed by atoms with Gasteiger partial charge in [0.15, 0.2) is 17.2 Å². The fourth-order valence-corrected chi connectivity index (χ4v) is 4.96. The first-order chi connectivity index (χ1) is 18.1. The molecular formula is C31H30N2O4. The smallest absolute Gasteiger partial charge is 0.256 e. The number of benzene rings is 3. The Labute approximate surface area is 217 Å². The highest BCUT2D eigenvalue weighted by Gasteiger charge is 2.49. The molecule has 1 aromatic heterocycles. The summed E-state index contributed by atoms with van der Waals surface area (Å²) in [5.41, 5.74) is 3.57. The molecule has 1 amide bonds. The highest BCUT2D eigenvalue weighted by molar-refractivity contribution is 5.99. The molecule has 6 heteroatoms. The van der Waals surface area contributed by atoms with Crippen molar-refractivity contribution in [2.24, 2.45) is 0 Å². The summed E-state index contributed by atoms with van der Waals surface area (Å²) in [5.74, 6) is 1.26. The van der Waals surface area contributed by atoms with Crippen LogP contribution in [0.15, 0.2) is 97.2 Å². The van der Waals surface area contributed by atoms with Gasteiger partial charge in [-0.3, -0.25) is 9.78 Å². The summed E-state index contributed by atoms with van der Waals surface area (Å²) in [4.78, 5) is 19.8. The molecule has 188 valence electrons. The topological polar surface area (TPSA) is 60.9 Å². The van der Waals surface area contributed by atoms with Crippen LogP contribution in [-0.4, -0.2) is 36.6 Å². The third-order valence-electron chi connectivity index (χ3n) is 6.82. The van der Waals surface area contributed by atoms with E-state index in [0.717, 1.165) is 22.4 Å². The number of carbonyl (C=O) groups is 1. The largest absolute Gasteiger partial charge is 0.493 e. The number of ether oxygens (including phenoxy) is 3. The molecular weight excluding hydrogens is 464 g/mol. The van der Waals surface area contributed by atoms with E-state index in [1.165, 1.54) is 0 Å². The Kier molecular flexibility index (Phi) is 7.19. The number of rotatable bonds is 10. The number of amides is 1. The molecule has 0 N–H and O–H groups in total. The first kappa shape index (κ1) is 24.5. The molecule has 1 aliphatic rings. The summed E-state index contributed by atoms with van der Waals surface area (Å²) in [7, 11) is 3.30. The Morgan fingerprint density at radius 3 is 2.38 bits per heavy atom. The second kappa shape index (κ2) is 10.8. The molecule has 1 aliphatic heterocycles. The van der Waals surface area contributed by atoms with Crippen LogP contribution in [0.5, 0.6) is 11.5 Å². The van der Waals surface area contributed by atoms with Crippen LogP contribution in [0.25, 0.3) is 0 Å². The summed E-state index contributed by atoms with van der Waals surface area (Å²) in [6.07, 6.45) is 2.86. The zero-order valence-electron chi connectivity index (χ0n) is 21.1. The van der Waals surface area contributed by atoms with Gasteiger partial charge in [-0.2, -0.15) is 0 Å². The number of carbonyl (C=O) groups excluding carboxylic acids is 1. The van der Waals surface area contributed by atoms with Crippen LogP contribution in [0.2, 0.25) is 0 Å². The van der Waals surface area contributed by atoms with Crippen molar-refractivity contribution < 1.29 is 19.0 Å².